The second-order valence-corrected chi connectivity index (χ2v) is 11.5. The number of piperidine rings is 1. The molecule has 0 spiro atoms. The Morgan fingerprint density at radius 1 is 1.09 bits per heavy atom. The van der Waals surface area contributed by atoms with E-state index < -0.39 is 40.7 Å². The van der Waals surface area contributed by atoms with E-state index >= 15 is 0 Å². The van der Waals surface area contributed by atoms with Gasteiger partial charge in [0.15, 0.2) is 5.65 Å². The Kier molecular flexibility index (Phi) is 8.19. The molecule has 0 bridgehead atoms. The average molecular weight is 614 g/mol. The first-order chi connectivity index (χ1) is 20.7. The van der Waals surface area contributed by atoms with Crippen LogP contribution < -0.4 is 11.1 Å². The van der Waals surface area contributed by atoms with Gasteiger partial charge in [-0.1, -0.05) is 24.3 Å². The number of benzene rings is 2. The fourth-order valence-corrected chi connectivity index (χ4v) is 5.03. The van der Waals surface area contributed by atoms with Crippen LogP contribution in [-0.2, 0) is 17.5 Å². The number of amides is 2. The molecule has 3 heterocycles. The van der Waals surface area contributed by atoms with Crippen LogP contribution in [0.15, 0.2) is 48.8 Å². The molecular formula is C30H31F4N7O3. The third kappa shape index (κ3) is 6.58. The fourth-order valence-electron chi connectivity index (χ4n) is 5.03. The standard InChI is InChI=1S/C30H31F4N7O3/c1-29(2,3)44-28(43)40-12-4-5-20(15-40)41-26-23(25(35)37-16-38-26)24(39-41)18-8-6-17(7-9-18)14-36-27(42)21-13-19(30(32,33)34)10-11-22(21)31/h6-11,13,16,20H,4-5,12,14-15H2,1-3H3,(H,36,42)(H2,35,37,38)/t20-/m1/s1. The topological polar surface area (TPSA) is 128 Å². The van der Waals surface area contributed by atoms with Gasteiger partial charge >= 0.3 is 12.3 Å². The van der Waals surface area contributed by atoms with Crippen LogP contribution in [0.25, 0.3) is 22.3 Å². The maximum atomic E-state index is 14.1. The lowest BCUT2D eigenvalue weighted by Gasteiger charge is -2.34. The number of ether oxygens (including phenoxy) is 1. The highest BCUT2D eigenvalue weighted by atomic mass is 19.4. The third-order valence-electron chi connectivity index (χ3n) is 7.13. The smallest absolute Gasteiger partial charge is 0.416 e. The van der Waals surface area contributed by atoms with Crippen molar-refractivity contribution in [3.63, 3.8) is 0 Å². The van der Waals surface area contributed by atoms with Crippen LogP contribution in [-0.4, -0.2) is 55.3 Å². The molecule has 2 amide bonds. The van der Waals surface area contributed by atoms with E-state index in [1.54, 1.807) is 33.8 Å². The van der Waals surface area contributed by atoms with E-state index in [4.69, 9.17) is 15.6 Å². The number of carbonyl (C=O) groups excluding carboxylic acids is 2. The van der Waals surface area contributed by atoms with Gasteiger partial charge in [0.2, 0.25) is 0 Å². The molecule has 10 nitrogen and oxygen atoms in total. The molecule has 14 heteroatoms. The summed E-state index contributed by atoms with van der Waals surface area (Å²) in [6.07, 6.45) is -2.26. The lowest BCUT2D eigenvalue weighted by atomic mass is 10.1. The van der Waals surface area contributed by atoms with E-state index in [-0.39, 0.29) is 18.4 Å². The molecule has 1 saturated heterocycles. The van der Waals surface area contributed by atoms with Crippen LogP contribution in [0, 0.1) is 5.82 Å². The van der Waals surface area contributed by atoms with Gasteiger partial charge in [-0.2, -0.15) is 18.3 Å². The zero-order valence-electron chi connectivity index (χ0n) is 24.3. The highest BCUT2D eigenvalue weighted by Gasteiger charge is 2.33. The molecule has 44 heavy (non-hydrogen) atoms. The lowest BCUT2D eigenvalue weighted by molar-refractivity contribution is -0.137. The number of aromatic nitrogens is 4. The van der Waals surface area contributed by atoms with Crippen LogP contribution in [0.4, 0.5) is 28.2 Å². The van der Waals surface area contributed by atoms with Gasteiger partial charge in [0.05, 0.1) is 22.6 Å². The molecule has 3 N–H and O–H groups in total. The molecule has 1 atom stereocenters. The number of fused-ring (bicyclic) bond motifs is 1. The Labute approximate surface area is 250 Å². The van der Waals surface area contributed by atoms with Crippen molar-refractivity contribution in [3.05, 3.63) is 71.3 Å². The zero-order valence-corrected chi connectivity index (χ0v) is 24.3. The molecule has 0 unspecified atom stereocenters. The van der Waals surface area contributed by atoms with Crippen molar-refractivity contribution in [2.75, 3.05) is 18.8 Å². The lowest BCUT2D eigenvalue weighted by Crippen LogP contribution is -2.43. The number of alkyl halides is 3. The van der Waals surface area contributed by atoms with Gasteiger partial charge in [0, 0.05) is 25.2 Å². The summed E-state index contributed by atoms with van der Waals surface area (Å²) in [6, 6.07) is 8.40. The van der Waals surface area contributed by atoms with Crippen molar-refractivity contribution < 1.29 is 31.9 Å². The minimum absolute atomic E-state index is 0.0577. The van der Waals surface area contributed by atoms with Crippen molar-refractivity contribution >= 4 is 28.9 Å². The van der Waals surface area contributed by atoms with Gasteiger partial charge < -0.3 is 20.7 Å². The van der Waals surface area contributed by atoms with Crippen LogP contribution in [0.1, 0.15) is 61.1 Å². The van der Waals surface area contributed by atoms with E-state index in [1.807, 2.05) is 20.8 Å². The summed E-state index contributed by atoms with van der Waals surface area (Å²) in [5.74, 6) is -1.80. The quantitative estimate of drug-likeness (QED) is 0.275. The number of rotatable bonds is 5. The maximum absolute atomic E-state index is 14.1. The van der Waals surface area contributed by atoms with E-state index in [2.05, 4.69) is 15.3 Å². The second kappa shape index (κ2) is 11.7. The zero-order chi connectivity index (χ0) is 31.8. The maximum Gasteiger partial charge on any atom is 0.416 e. The molecule has 1 aliphatic rings. The van der Waals surface area contributed by atoms with Crippen molar-refractivity contribution in [3.8, 4) is 11.3 Å². The van der Waals surface area contributed by atoms with Gasteiger partial charge in [0.1, 0.15) is 29.3 Å². The first kappa shape index (κ1) is 30.7. The number of nitrogens with zero attached hydrogens (tertiary/aromatic N) is 5. The summed E-state index contributed by atoms with van der Waals surface area (Å²) < 4.78 is 60.5. The molecule has 0 aliphatic carbocycles. The average Bonchev–Trinajstić information content (AvgIpc) is 3.36. The fraction of sp³-hybridized carbons (Fsp3) is 0.367. The summed E-state index contributed by atoms with van der Waals surface area (Å²) in [5, 5.41) is 7.85. The largest absolute Gasteiger partial charge is 0.444 e. The van der Waals surface area contributed by atoms with Gasteiger partial charge in [-0.15, -0.1) is 0 Å². The first-order valence-electron chi connectivity index (χ1n) is 13.9. The second-order valence-electron chi connectivity index (χ2n) is 11.5. The molecule has 4 aromatic rings. The minimum atomic E-state index is -4.71. The van der Waals surface area contributed by atoms with E-state index in [1.165, 1.54) is 6.33 Å². The number of nitrogens with one attached hydrogen (secondary N) is 1. The normalized spacial score (nSPS) is 15.8. The van der Waals surface area contributed by atoms with Crippen LogP contribution in [0.5, 0.6) is 0 Å². The van der Waals surface area contributed by atoms with E-state index in [9.17, 15) is 27.2 Å². The number of nitrogen functional groups attached to an aromatic ring is 1. The van der Waals surface area contributed by atoms with Crippen LogP contribution in [0.2, 0.25) is 0 Å². The molecule has 0 saturated carbocycles. The van der Waals surface area contributed by atoms with Crippen molar-refractivity contribution in [2.45, 2.75) is 58.0 Å². The molecule has 1 fully saturated rings. The number of halogens is 4. The Morgan fingerprint density at radius 2 is 1.82 bits per heavy atom. The summed E-state index contributed by atoms with van der Waals surface area (Å²) in [7, 11) is 0. The number of nitrogens with two attached hydrogens (primary N) is 1. The van der Waals surface area contributed by atoms with Gasteiger partial charge in [-0.05, 0) is 57.4 Å². The number of carbonyl (C=O) groups is 2. The molecule has 2 aromatic heterocycles. The van der Waals surface area contributed by atoms with Crippen LogP contribution in [0.3, 0.4) is 0 Å². The van der Waals surface area contributed by atoms with Crippen molar-refractivity contribution in [1.82, 2.24) is 30.0 Å². The van der Waals surface area contributed by atoms with Gasteiger partial charge in [-0.25, -0.2) is 23.8 Å². The number of hydrogen-bond donors (Lipinski definition) is 2. The summed E-state index contributed by atoms with van der Waals surface area (Å²) in [6.45, 7) is 6.32. The van der Waals surface area contributed by atoms with E-state index in [0.29, 0.717) is 59.1 Å². The Bertz CT molecular complexity index is 1700. The molecule has 232 valence electrons. The number of anilines is 1. The number of likely N-dealkylation sites (tertiary alicyclic amines) is 1. The summed E-state index contributed by atoms with van der Waals surface area (Å²) >= 11 is 0. The van der Waals surface area contributed by atoms with Crippen LogP contribution >= 0.6 is 0 Å². The molecule has 1 aliphatic heterocycles. The Morgan fingerprint density at radius 3 is 2.50 bits per heavy atom. The molecule has 2 aromatic carbocycles. The van der Waals surface area contributed by atoms with E-state index in [0.717, 1.165) is 12.8 Å². The van der Waals surface area contributed by atoms with Crippen molar-refractivity contribution in [1.29, 1.82) is 0 Å². The SMILES string of the molecule is CC(C)(C)OC(=O)N1CCC[C@@H](n2nc(-c3ccc(CNC(=O)c4cc(C(F)(F)F)ccc4F)cc3)c3c(N)ncnc32)C1. The number of hydrogen-bond acceptors (Lipinski definition) is 7. The molecule has 0 radical (unpaired) electrons. The van der Waals surface area contributed by atoms with Crippen molar-refractivity contribution in [2.24, 2.45) is 0 Å². The highest BCUT2D eigenvalue weighted by molar-refractivity contribution is 5.98. The third-order valence-corrected chi connectivity index (χ3v) is 7.13. The van der Waals surface area contributed by atoms with Gasteiger partial charge in [0.25, 0.3) is 5.91 Å². The predicted molar refractivity (Wildman–Crippen MR) is 154 cm³/mol. The van der Waals surface area contributed by atoms with Gasteiger partial charge in [-0.3, -0.25) is 4.79 Å². The monoisotopic (exact) mass is 613 g/mol. The molecular weight excluding hydrogens is 582 g/mol. The Balaban J connectivity index is 1.35. The highest BCUT2D eigenvalue weighted by Crippen LogP contribution is 2.34. The summed E-state index contributed by atoms with van der Waals surface area (Å²) in [5.41, 5.74) is 6.15. The molecule has 5 rings (SSSR count). The Hall–Kier alpha value is -4.75. The summed E-state index contributed by atoms with van der Waals surface area (Å²) in [4.78, 5) is 35.5. The first-order valence-corrected chi connectivity index (χ1v) is 13.9. The predicted octanol–water partition coefficient (Wildman–Crippen LogP) is 5.74. The minimum Gasteiger partial charge on any atom is -0.444 e.